The van der Waals surface area contributed by atoms with Crippen LogP contribution in [0.2, 0.25) is 0 Å². The first kappa shape index (κ1) is 16.4. The number of carbonyl (C=O) groups excluding carboxylic acids is 3. The van der Waals surface area contributed by atoms with E-state index in [1.165, 1.54) is 17.0 Å². The van der Waals surface area contributed by atoms with E-state index in [0.717, 1.165) is 6.07 Å². The Bertz CT molecular complexity index is 838. The summed E-state index contributed by atoms with van der Waals surface area (Å²) in [6.07, 6.45) is 0.804. The number of hydrogen-bond donors (Lipinski definition) is 1. The molecule has 0 aliphatic carbocycles. The lowest BCUT2D eigenvalue weighted by Gasteiger charge is -2.36. The van der Waals surface area contributed by atoms with Gasteiger partial charge in [-0.2, -0.15) is 8.42 Å². The highest BCUT2D eigenvalue weighted by Crippen LogP contribution is 2.27. The minimum absolute atomic E-state index is 0.135. The number of halogens is 1. The minimum Gasteiger partial charge on any atom is -0.358 e. The minimum atomic E-state index is -5.20. The third kappa shape index (κ3) is 3.23. The maximum absolute atomic E-state index is 12.6. The van der Waals surface area contributed by atoms with Crippen LogP contribution < -0.4 is 9.50 Å². The second-order valence-electron chi connectivity index (χ2n) is 5.51. The van der Waals surface area contributed by atoms with Crippen LogP contribution in [0.3, 0.4) is 0 Å². The van der Waals surface area contributed by atoms with Crippen LogP contribution in [0.1, 0.15) is 28.8 Å². The second-order valence-corrected chi connectivity index (χ2v) is 6.46. The van der Waals surface area contributed by atoms with Gasteiger partial charge in [0.05, 0.1) is 0 Å². The summed E-state index contributed by atoms with van der Waals surface area (Å²) in [4.78, 5) is 37.1. The zero-order valence-corrected chi connectivity index (χ0v) is 13.1. The quantitative estimate of drug-likeness (QED) is 0.607. The molecule has 0 aromatic heterocycles. The molecule has 2 aliphatic heterocycles. The first-order valence-electron chi connectivity index (χ1n) is 7.16. The highest BCUT2D eigenvalue weighted by molar-refractivity contribution is 7.81. The van der Waals surface area contributed by atoms with Gasteiger partial charge in [0.1, 0.15) is 11.8 Å². The zero-order chi connectivity index (χ0) is 17.5. The normalized spacial score (nSPS) is 21.3. The molecule has 0 spiro atoms. The van der Waals surface area contributed by atoms with Gasteiger partial charge in [-0.15, -0.1) is 0 Å². The van der Waals surface area contributed by atoms with Crippen molar-refractivity contribution in [3.05, 3.63) is 29.3 Å². The number of nitrogens with zero attached hydrogens (tertiary/aromatic N) is 1. The third-order valence-corrected chi connectivity index (χ3v) is 4.37. The smallest absolute Gasteiger partial charge is 0.358 e. The van der Waals surface area contributed by atoms with E-state index in [2.05, 4.69) is 9.50 Å². The Morgan fingerprint density at radius 1 is 1.21 bits per heavy atom. The summed E-state index contributed by atoms with van der Waals surface area (Å²) in [5.74, 6) is -1.74. The number of rotatable bonds is 3. The van der Waals surface area contributed by atoms with E-state index in [4.69, 9.17) is 0 Å². The van der Waals surface area contributed by atoms with Crippen molar-refractivity contribution in [2.24, 2.45) is 0 Å². The van der Waals surface area contributed by atoms with Crippen LogP contribution in [-0.2, 0) is 26.5 Å². The summed E-state index contributed by atoms with van der Waals surface area (Å²) in [7, 11) is -5.20. The number of imide groups is 1. The first-order valence-corrected chi connectivity index (χ1v) is 8.47. The maximum atomic E-state index is 12.6. The molecule has 24 heavy (non-hydrogen) atoms. The van der Waals surface area contributed by atoms with Gasteiger partial charge in [-0.25, -0.2) is 0 Å². The van der Waals surface area contributed by atoms with Crippen molar-refractivity contribution in [1.29, 1.82) is 0 Å². The van der Waals surface area contributed by atoms with Crippen molar-refractivity contribution < 1.29 is 30.9 Å². The molecule has 1 unspecified atom stereocenters. The Balaban J connectivity index is 1.87. The molecule has 0 saturated carbocycles. The van der Waals surface area contributed by atoms with Crippen molar-refractivity contribution in [2.75, 3.05) is 6.54 Å². The van der Waals surface area contributed by atoms with Gasteiger partial charge in [0.25, 0.3) is 5.91 Å². The van der Waals surface area contributed by atoms with E-state index >= 15 is 0 Å². The van der Waals surface area contributed by atoms with Crippen LogP contribution in [-0.4, -0.2) is 43.6 Å². The second kappa shape index (κ2) is 5.86. The fourth-order valence-electron chi connectivity index (χ4n) is 2.91. The van der Waals surface area contributed by atoms with Gasteiger partial charge in [0.15, 0.2) is 0 Å². The number of benzene rings is 1. The van der Waals surface area contributed by atoms with Crippen LogP contribution in [0.25, 0.3) is 0 Å². The zero-order valence-electron chi connectivity index (χ0n) is 12.3. The standard InChI is InChI=1S/C14H13FN2O6S/c15-24(21,22)23-9-2-1-8-5-6-17(14(20)10(8)7-9)11-3-4-12(18)16-13(11)19/h1-2,7,11H,3-6H2,(H,16,18,19). The molecule has 1 aromatic rings. The Morgan fingerprint density at radius 2 is 1.96 bits per heavy atom. The number of nitrogens with one attached hydrogen (secondary N) is 1. The van der Waals surface area contributed by atoms with Crippen LogP contribution in [0.5, 0.6) is 5.75 Å². The molecule has 1 N–H and O–H groups in total. The lowest BCUT2D eigenvalue weighted by Crippen LogP contribution is -2.55. The summed E-state index contributed by atoms with van der Waals surface area (Å²) < 4.78 is 37.9. The number of piperidine rings is 1. The van der Waals surface area contributed by atoms with Crippen molar-refractivity contribution >= 4 is 28.2 Å². The molecule has 1 atom stereocenters. The fraction of sp³-hybridized carbons (Fsp3) is 0.357. The Kier molecular flexibility index (Phi) is 3.99. The molecule has 2 aliphatic rings. The summed E-state index contributed by atoms with van der Waals surface area (Å²) in [5.41, 5.74) is 0.791. The Hall–Kier alpha value is -2.49. The van der Waals surface area contributed by atoms with E-state index in [0.29, 0.717) is 18.5 Å². The first-order chi connectivity index (χ1) is 11.2. The van der Waals surface area contributed by atoms with Crippen LogP contribution >= 0.6 is 0 Å². The highest BCUT2D eigenvalue weighted by Gasteiger charge is 2.37. The molecular weight excluding hydrogens is 343 g/mol. The molecule has 10 heteroatoms. The van der Waals surface area contributed by atoms with Crippen molar-refractivity contribution in [3.8, 4) is 5.75 Å². The molecule has 128 valence electrons. The van der Waals surface area contributed by atoms with E-state index < -0.39 is 28.4 Å². The lowest BCUT2D eigenvalue weighted by atomic mass is 9.95. The van der Waals surface area contributed by atoms with E-state index in [-0.39, 0.29) is 30.1 Å². The molecule has 1 saturated heterocycles. The molecule has 8 nitrogen and oxygen atoms in total. The molecule has 1 fully saturated rings. The topological polar surface area (TPSA) is 110 Å². The molecule has 2 heterocycles. The molecule has 0 bridgehead atoms. The largest absolute Gasteiger partial charge is 0.488 e. The van der Waals surface area contributed by atoms with Gasteiger partial charge in [-0.05, 0) is 30.5 Å². The molecule has 1 aromatic carbocycles. The predicted molar refractivity (Wildman–Crippen MR) is 78.0 cm³/mol. The summed E-state index contributed by atoms with van der Waals surface area (Å²) in [5, 5.41) is 2.19. The number of carbonyl (C=O) groups is 3. The van der Waals surface area contributed by atoms with Crippen LogP contribution in [0.4, 0.5) is 3.89 Å². The van der Waals surface area contributed by atoms with Crippen molar-refractivity contribution in [1.82, 2.24) is 10.2 Å². The average molecular weight is 356 g/mol. The van der Waals surface area contributed by atoms with Crippen LogP contribution in [0.15, 0.2) is 18.2 Å². The van der Waals surface area contributed by atoms with Crippen molar-refractivity contribution in [3.63, 3.8) is 0 Å². The summed E-state index contributed by atoms with van der Waals surface area (Å²) in [6, 6.07) is 3.10. The van der Waals surface area contributed by atoms with Gasteiger partial charge in [0.2, 0.25) is 11.8 Å². The van der Waals surface area contributed by atoms with E-state index in [9.17, 15) is 26.7 Å². The van der Waals surface area contributed by atoms with Crippen molar-refractivity contribution in [2.45, 2.75) is 25.3 Å². The maximum Gasteiger partial charge on any atom is 0.488 e. The number of fused-ring (bicyclic) bond motifs is 1. The molecular formula is C14H13FN2O6S. The SMILES string of the molecule is O=C1CCC(N2CCc3ccc(OS(=O)(=O)F)cc3C2=O)C(=O)N1. The summed E-state index contributed by atoms with van der Waals surface area (Å²) >= 11 is 0. The third-order valence-electron chi connectivity index (χ3n) is 3.98. The number of amides is 3. The fourth-order valence-corrected chi connectivity index (χ4v) is 3.25. The van der Waals surface area contributed by atoms with Gasteiger partial charge in [-0.1, -0.05) is 9.95 Å². The van der Waals surface area contributed by atoms with Crippen LogP contribution in [0, 0.1) is 0 Å². The predicted octanol–water partition coefficient (Wildman–Crippen LogP) is 0.0832. The van der Waals surface area contributed by atoms with Gasteiger partial charge in [0, 0.05) is 18.5 Å². The van der Waals surface area contributed by atoms with Gasteiger partial charge in [-0.3, -0.25) is 19.7 Å². The Morgan fingerprint density at radius 3 is 2.62 bits per heavy atom. The van der Waals surface area contributed by atoms with E-state index in [1.807, 2.05) is 0 Å². The average Bonchev–Trinajstić information content (AvgIpc) is 2.47. The van der Waals surface area contributed by atoms with E-state index in [1.54, 1.807) is 0 Å². The molecule has 3 rings (SSSR count). The lowest BCUT2D eigenvalue weighted by molar-refractivity contribution is -0.136. The number of hydrogen-bond acceptors (Lipinski definition) is 6. The molecule has 3 amide bonds. The highest BCUT2D eigenvalue weighted by atomic mass is 32.3. The Labute approximate surface area is 137 Å². The monoisotopic (exact) mass is 356 g/mol. The molecule has 0 radical (unpaired) electrons. The van der Waals surface area contributed by atoms with Gasteiger partial charge < -0.3 is 9.08 Å². The van der Waals surface area contributed by atoms with Gasteiger partial charge >= 0.3 is 10.5 Å². The summed E-state index contributed by atoms with van der Waals surface area (Å²) in [6.45, 7) is 0.291.